The largest absolute Gasteiger partial charge is 0.382 e. The Morgan fingerprint density at radius 1 is 1.03 bits per heavy atom. The quantitative estimate of drug-likeness (QED) is 0.473. The second kappa shape index (κ2) is 9.07. The van der Waals surface area contributed by atoms with Crippen molar-refractivity contribution >= 4 is 34.2 Å². The first-order valence-electron chi connectivity index (χ1n) is 10.9. The van der Waals surface area contributed by atoms with Gasteiger partial charge in [-0.2, -0.15) is 15.6 Å². The van der Waals surface area contributed by atoms with Gasteiger partial charge in [0, 0.05) is 24.0 Å². The fraction of sp³-hybridized carbons (Fsp3) is 0.154. The Morgan fingerprint density at radius 2 is 1.76 bits per heavy atom. The van der Waals surface area contributed by atoms with E-state index >= 15 is 0 Å². The summed E-state index contributed by atoms with van der Waals surface area (Å²) >= 11 is 0. The minimum Gasteiger partial charge on any atom is -0.382 e. The molecule has 4 aromatic rings. The number of fused-ring (bicyclic) bond motifs is 1. The first-order chi connectivity index (χ1) is 16.7. The minimum absolute atomic E-state index is 0.165. The number of allylic oxidation sites excluding steroid dienone is 1. The maximum Gasteiger partial charge on any atom is 0.145 e. The van der Waals surface area contributed by atoms with E-state index < -0.39 is 0 Å². The van der Waals surface area contributed by atoms with Crippen LogP contribution in [0.15, 0.2) is 60.7 Å². The lowest BCUT2D eigenvalue weighted by Crippen LogP contribution is -2.37. The van der Waals surface area contributed by atoms with Gasteiger partial charge in [-0.05, 0) is 30.3 Å². The molecule has 2 aromatic carbocycles. The van der Waals surface area contributed by atoms with Gasteiger partial charge >= 0.3 is 0 Å². The molecule has 3 heterocycles. The van der Waals surface area contributed by atoms with Gasteiger partial charge in [-0.1, -0.05) is 36.4 Å². The van der Waals surface area contributed by atoms with E-state index in [0.29, 0.717) is 32.0 Å². The molecule has 0 spiro atoms. The number of aromatic nitrogens is 3. The van der Waals surface area contributed by atoms with Crippen molar-refractivity contribution in [3.05, 3.63) is 77.5 Å². The Labute approximate surface area is 196 Å². The molecule has 1 aliphatic heterocycles. The molecule has 0 radical (unpaired) electrons. The number of nitrogen functional groups attached to an aromatic ring is 1. The highest BCUT2D eigenvalue weighted by Gasteiger charge is 2.22. The second-order valence-electron chi connectivity index (χ2n) is 7.83. The first-order valence-corrected chi connectivity index (χ1v) is 10.9. The average molecular weight is 448 g/mol. The van der Waals surface area contributed by atoms with Crippen LogP contribution in [0.1, 0.15) is 16.8 Å². The zero-order chi connectivity index (χ0) is 23.5. The van der Waals surface area contributed by atoms with Gasteiger partial charge in [-0.15, -0.1) is 0 Å². The van der Waals surface area contributed by atoms with Crippen LogP contribution in [-0.4, -0.2) is 41.1 Å². The van der Waals surface area contributed by atoms with Gasteiger partial charge in [-0.3, -0.25) is 0 Å². The number of rotatable bonds is 4. The number of benzene rings is 2. The molecule has 166 valence electrons. The third kappa shape index (κ3) is 3.83. The Balaban J connectivity index is 1.68. The van der Waals surface area contributed by atoms with Crippen molar-refractivity contribution in [2.24, 2.45) is 0 Å². The molecule has 8 heteroatoms. The third-order valence-electron chi connectivity index (χ3n) is 5.75. The molecule has 2 N–H and O–H groups in total. The van der Waals surface area contributed by atoms with Crippen LogP contribution in [0.5, 0.6) is 0 Å². The normalized spacial score (nSPS) is 14.1. The number of anilines is 2. The van der Waals surface area contributed by atoms with E-state index in [4.69, 9.17) is 15.5 Å². The summed E-state index contributed by atoms with van der Waals surface area (Å²) in [4.78, 5) is 7.05. The van der Waals surface area contributed by atoms with Crippen LogP contribution in [-0.2, 0) is 4.74 Å². The molecule has 0 unspecified atom stereocenters. The smallest absolute Gasteiger partial charge is 0.145 e. The summed E-state index contributed by atoms with van der Waals surface area (Å²) in [5.74, 6) is 0.957. The van der Waals surface area contributed by atoms with E-state index in [1.807, 2.05) is 60.7 Å². The molecule has 1 saturated heterocycles. The predicted molar refractivity (Wildman–Crippen MR) is 131 cm³/mol. The Kier molecular flexibility index (Phi) is 5.65. The summed E-state index contributed by atoms with van der Waals surface area (Å²) in [5, 5.41) is 25.4. The van der Waals surface area contributed by atoms with E-state index in [9.17, 15) is 10.5 Å². The summed E-state index contributed by atoms with van der Waals surface area (Å²) in [6, 6.07) is 23.5. The predicted octanol–water partition coefficient (Wildman–Crippen LogP) is 3.78. The van der Waals surface area contributed by atoms with Crippen molar-refractivity contribution in [2.75, 3.05) is 36.9 Å². The van der Waals surface area contributed by atoms with Crippen LogP contribution in [0.25, 0.3) is 28.2 Å². The maximum atomic E-state index is 10.1. The molecule has 2 aromatic heterocycles. The van der Waals surface area contributed by atoms with Gasteiger partial charge in [0.1, 0.15) is 35.0 Å². The fourth-order valence-electron chi connectivity index (χ4n) is 4.06. The van der Waals surface area contributed by atoms with Crippen LogP contribution in [0.2, 0.25) is 0 Å². The zero-order valence-electron chi connectivity index (χ0n) is 18.3. The van der Waals surface area contributed by atoms with E-state index in [-0.39, 0.29) is 22.6 Å². The van der Waals surface area contributed by atoms with Crippen molar-refractivity contribution in [3.63, 3.8) is 0 Å². The zero-order valence-corrected chi connectivity index (χ0v) is 18.3. The van der Waals surface area contributed by atoms with Gasteiger partial charge in [0.05, 0.1) is 30.0 Å². The number of ether oxygens (including phenoxy) is 1. The monoisotopic (exact) mass is 447 g/mol. The number of hydrogen-bond acceptors (Lipinski definition) is 7. The van der Waals surface area contributed by atoms with Crippen molar-refractivity contribution in [2.45, 2.75) is 0 Å². The van der Waals surface area contributed by atoms with Crippen LogP contribution in [0.3, 0.4) is 0 Å². The number of nitriles is 2. The van der Waals surface area contributed by atoms with Crippen molar-refractivity contribution in [3.8, 4) is 17.8 Å². The number of hydrogen-bond donors (Lipinski definition) is 1. The Bertz CT molecular complexity index is 1470. The van der Waals surface area contributed by atoms with Gasteiger partial charge < -0.3 is 15.4 Å². The second-order valence-corrected chi connectivity index (χ2v) is 7.83. The summed E-state index contributed by atoms with van der Waals surface area (Å²) < 4.78 is 7.00. The lowest BCUT2D eigenvalue weighted by Gasteiger charge is -2.29. The minimum atomic E-state index is 0.165. The van der Waals surface area contributed by atoms with E-state index in [0.717, 1.165) is 22.3 Å². The SMILES string of the molecule is N#CC(=Cc1cc2ccccc2nc1N1CCOCC1)c1nn(-c2ccccc2)c(N)c1C#N. The van der Waals surface area contributed by atoms with Gasteiger partial charge in [-0.25, -0.2) is 9.67 Å². The van der Waals surface area contributed by atoms with Gasteiger partial charge in [0.15, 0.2) is 0 Å². The number of morpholine rings is 1. The van der Waals surface area contributed by atoms with Crippen LogP contribution >= 0.6 is 0 Å². The molecule has 0 saturated carbocycles. The lowest BCUT2D eigenvalue weighted by molar-refractivity contribution is 0.122. The van der Waals surface area contributed by atoms with Gasteiger partial charge in [0.2, 0.25) is 0 Å². The van der Waals surface area contributed by atoms with Crippen LogP contribution < -0.4 is 10.6 Å². The fourth-order valence-corrected chi connectivity index (χ4v) is 4.06. The van der Waals surface area contributed by atoms with E-state index in [2.05, 4.69) is 22.1 Å². The van der Waals surface area contributed by atoms with Gasteiger partial charge in [0.25, 0.3) is 0 Å². The topological polar surface area (TPSA) is 117 Å². The van der Waals surface area contributed by atoms with E-state index in [1.54, 1.807) is 6.08 Å². The third-order valence-corrected chi connectivity index (χ3v) is 5.75. The summed E-state index contributed by atoms with van der Waals surface area (Å²) in [6.07, 6.45) is 1.74. The number of pyridine rings is 1. The van der Waals surface area contributed by atoms with Crippen LogP contribution in [0, 0.1) is 22.7 Å². The number of nitrogens with two attached hydrogens (primary N) is 1. The summed E-state index contributed by atoms with van der Waals surface area (Å²) in [7, 11) is 0. The molecule has 34 heavy (non-hydrogen) atoms. The summed E-state index contributed by atoms with van der Waals surface area (Å²) in [6.45, 7) is 2.62. The molecule has 1 fully saturated rings. The number of nitrogens with zero attached hydrogens (tertiary/aromatic N) is 6. The molecule has 0 bridgehead atoms. The standard InChI is InChI=1S/C26H21N7O/c27-16-20(24-22(17-28)25(29)33(31-24)21-7-2-1-3-8-21)15-19-14-18-6-4-5-9-23(18)30-26(19)32-10-12-34-13-11-32/h1-9,14-15H,10-13,29H2. The highest BCUT2D eigenvalue weighted by atomic mass is 16.5. The highest BCUT2D eigenvalue weighted by Crippen LogP contribution is 2.31. The average Bonchev–Trinajstić information content (AvgIpc) is 3.23. The number of para-hydroxylation sites is 2. The van der Waals surface area contributed by atoms with Crippen molar-refractivity contribution in [1.82, 2.24) is 14.8 Å². The Hall–Kier alpha value is -4.66. The molecular weight excluding hydrogens is 426 g/mol. The summed E-state index contributed by atoms with van der Waals surface area (Å²) in [5.41, 5.74) is 9.26. The molecule has 8 nitrogen and oxygen atoms in total. The molecular formula is C26H21N7O. The maximum absolute atomic E-state index is 10.1. The molecule has 1 aliphatic rings. The van der Waals surface area contributed by atoms with Crippen LogP contribution in [0.4, 0.5) is 11.6 Å². The van der Waals surface area contributed by atoms with E-state index in [1.165, 1.54) is 4.68 Å². The molecule has 0 atom stereocenters. The van der Waals surface area contributed by atoms with Crippen molar-refractivity contribution < 1.29 is 4.74 Å². The lowest BCUT2D eigenvalue weighted by atomic mass is 10.0. The first kappa shape index (κ1) is 21.2. The highest BCUT2D eigenvalue weighted by molar-refractivity contribution is 5.95. The molecule has 5 rings (SSSR count). The molecule has 0 amide bonds. The molecule has 0 aliphatic carbocycles. The Morgan fingerprint density at radius 3 is 2.50 bits per heavy atom. The van der Waals surface area contributed by atoms with Crippen molar-refractivity contribution in [1.29, 1.82) is 10.5 Å².